The number of nitrogens with one attached hydrogen (secondary N) is 2. The van der Waals surface area contributed by atoms with Crippen LogP contribution in [0.15, 0.2) is 36.7 Å². The van der Waals surface area contributed by atoms with Crippen molar-refractivity contribution in [2.45, 2.75) is 25.8 Å². The number of anilines is 1. The van der Waals surface area contributed by atoms with E-state index in [1.807, 2.05) is 16.9 Å². The van der Waals surface area contributed by atoms with E-state index in [-0.39, 0.29) is 5.91 Å². The Hall–Kier alpha value is -3.11. The summed E-state index contributed by atoms with van der Waals surface area (Å²) in [6.45, 7) is 4.33. The molecule has 0 aliphatic carbocycles. The molecule has 0 spiro atoms. The number of hydrogen-bond donors (Lipinski definition) is 2. The summed E-state index contributed by atoms with van der Waals surface area (Å²) >= 11 is 0. The maximum absolute atomic E-state index is 12.7. The van der Waals surface area contributed by atoms with Gasteiger partial charge in [0.25, 0.3) is 5.91 Å². The van der Waals surface area contributed by atoms with Crippen LogP contribution in [0.3, 0.4) is 0 Å². The first-order valence-electron chi connectivity index (χ1n) is 9.32. The van der Waals surface area contributed by atoms with E-state index < -0.39 is 0 Å². The van der Waals surface area contributed by atoms with Crippen molar-refractivity contribution in [1.29, 1.82) is 5.26 Å². The molecule has 1 saturated heterocycles. The van der Waals surface area contributed by atoms with Gasteiger partial charge in [-0.2, -0.15) is 10.4 Å². The number of carbonyl (C=O) groups excluding carboxylic acids is 1. The van der Waals surface area contributed by atoms with Gasteiger partial charge in [0.1, 0.15) is 0 Å². The van der Waals surface area contributed by atoms with Crippen LogP contribution in [0.1, 0.15) is 35.2 Å². The number of carbonyl (C=O) groups is 1. The van der Waals surface area contributed by atoms with Gasteiger partial charge in [-0.1, -0.05) is 6.07 Å². The Kier molecular flexibility index (Phi) is 4.90. The van der Waals surface area contributed by atoms with Crippen LogP contribution in [0, 0.1) is 11.3 Å². The Morgan fingerprint density at radius 3 is 2.93 bits per heavy atom. The van der Waals surface area contributed by atoms with Crippen LogP contribution in [-0.2, 0) is 6.54 Å². The second-order valence-corrected chi connectivity index (χ2v) is 6.86. The van der Waals surface area contributed by atoms with Gasteiger partial charge in [-0.3, -0.25) is 9.48 Å². The predicted molar refractivity (Wildman–Crippen MR) is 103 cm³/mol. The fourth-order valence-corrected chi connectivity index (χ4v) is 3.66. The third-order valence-corrected chi connectivity index (χ3v) is 5.01. The topological polar surface area (TPSA) is 89.7 Å². The maximum atomic E-state index is 12.7. The van der Waals surface area contributed by atoms with Crippen LogP contribution in [0.5, 0.6) is 0 Å². The summed E-state index contributed by atoms with van der Waals surface area (Å²) < 4.78 is 1.86. The zero-order chi connectivity index (χ0) is 18.6. The van der Waals surface area contributed by atoms with Crippen LogP contribution in [0.4, 0.5) is 5.82 Å². The van der Waals surface area contributed by atoms with Crippen molar-refractivity contribution in [3.05, 3.63) is 47.8 Å². The van der Waals surface area contributed by atoms with Crippen LogP contribution in [0.2, 0.25) is 0 Å². The number of aryl methyl sites for hydroxylation is 1. The number of aromatic nitrogens is 3. The third-order valence-electron chi connectivity index (χ3n) is 5.01. The minimum absolute atomic E-state index is 0.272. The largest absolute Gasteiger partial charge is 0.360 e. The van der Waals surface area contributed by atoms with E-state index in [1.54, 1.807) is 24.4 Å². The van der Waals surface area contributed by atoms with E-state index >= 15 is 0 Å². The van der Waals surface area contributed by atoms with E-state index in [0.29, 0.717) is 22.3 Å². The number of hydrogen-bond acceptors (Lipinski definition) is 4. The summed E-state index contributed by atoms with van der Waals surface area (Å²) in [5, 5.41) is 17.2. The van der Waals surface area contributed by atoms with E-state index in [2.05, 4.69) is 26.4 Å². The summed E-state index contributed by atoms with van der Waals surface area (Å²) in [4.78, 5) is 18.2. The molecule has 7 heteroatoms. The highest BCUT2D eigenvalue weighted by Crippen LogP contribution is 2.23. The van der Waals surface area contributed by atoms with Gasteiger partial charge >= 0.3 is 0 Å². The molecule has 138 valence electrons. The Bertz CT molecular complexity index is 989. The summed E-state index contributed by atoms with van der Waals surface area (Å²) in [6.07, 6.45) is 7.17. The average Bonchev–Trinajstić information content (AvgIpc) is 3.42. The van der Waals surface area contributed by atoms with Crippen molar-refractivity contribution in [2.75, 3.05) is 25.0 Å². The van der Waals surface area contributed by atoms with Crippen molar-refractivity contribution >= 4 is 22.6 Å². The molecule has 1 aliphatic rings. The monoisotopic (exact) mass is 362 g/mol. The Morgan fingerprint density at radius 2 is 2.11 bits per heavy atom. The third kappa shape index (κ3) is 3.71. The normalized spacial score (nSPS) is 14.5. The van der Waals surface area contributed by atoms with Gasteiger partial charge in [-0.25, -0.2) is 0 Å². The molecule has 4 rings (SSSR count). The minimum Gasteiger partial charge on any atom is -0.360 e. The molecular formula is C20H22N6O. The summed E-state index contributed by atoms with van der Waals surface area (Å²) in [5.74, 6) is 0.247. The van der Waals surface area contributed by atoms with E-state index in [1.165, 1.54) is 25.9 Å². The first kappa shape index (κ1) is 17.3. The first-order chi connectivity index (χ1) is 13.2. The highest BCUT2D eigenvalue weighted by Gasteiger charge is 2.16. The summed E-state index contributed by atoms with van der Waals surface area (Å²) in [6, 6.07) is 9.30. The lowest BCUT2D eigenvalue weighted by molar-refractivity contribution is 0.102. The van der Waals surface area contributed by atoms with Crippen molar-refractivity contribution in [1.82, 2.24) is 19.7 Å². The molecule has 0 radical (unpaired) electrons. The number of H-pyrrole nitrogens is 1. The predicted octanol–water partition coefficient (Wildman–Crippen LogP) is 2.97. The molecule has 3 aromatic rings. The van der Waals surface area contributed by atoms with Gasteiger partial charge in [0, 0.05) is 35.9 Å². The Balaban J connectivity index is 1.40. The number of amides is 1. The van der Waals surface area contributed by atoms with E-state index in [4.69, 9.17) is 0 Å². The number of benzene rings is 1. The molecule has 7 nitrogen and oxygen atoms in total. The SMILES string of the molecule is N#Cc1cccc2[nH]cc(C(=O)Nc3ccn(CCCN4CCCC4)n3)c12. The smallest absolute Gasteiger partial charge is 0.259 e. The number of rotatable bonds is 6. The van der Waals surface area contributed by atoms with Crippen molar-refractivity contribution in [2.24, 2.45) is 0 Å². The van der Waals surface area contributed by atoms with Crippen LogP contribution < -0.4 is 5.32 Å². The first-order valence-corrected chi connectivity index (χ1v) is 9.32. The fourth-order valence-electron chi connectivity index (χ4n) is 3.66. The van der Waals surface area contributed by atoms with Gasteiger partial charge < -0.3 is 15.2 Å². The molecular weight excluding hydrogens is 340 g/mol. The second-order valence-electron chi connectivity index (χ2n) is 6.86. The van der Waals surface area contributed by atoms with Crippen molar-refractivity contribution in [3.8, 4) is 6.07 Å². The Morgan fingerprint density at radius 1 is 1.26 bits per heavy atom. The quantitative estimate of drug-likeness (QED) is 0.705. The number of likely N-dealkylation sites (tertiary alicyclic amines) is 1. The molecule has 2 aromatic heterocycles. The lowest BCUT2D eigenvalue weighted by atomic mass is 10.1. The maximum Gasteiger partial charge on any atom is 0.259 e. The summed E-state index contributed by atoms with van der Waals surface area (Å²) in [5.41, 5.74) is 1.70. The number of aromatic amines is 1. The van der Waals surface area contributed by atoms with Gasteiger partial charge in [0.05, 0.1) is 17.2 Å². The highest BCUT2D eigenvalue weighted by atomic mass is 16.1. The lowest BCUT2D eigenvalue weighted by Crippen LogP contribution is -2.21. The van der Waals surface area contributed by atoms with Crippen molar-refractivity contribution < 1.29 is 4.79 Å². The zero-order valence-electron chi connectivity index (χ0n) is 15.1. The highest BCUT2D eigenvalue weighted by molar-refractivity contribution is 6.13. The standard InChI is InChI=1S/C20H22N6O/c21-13-15-5-3-6-17-19(15)16(14-22-17)20(27)23-18-7-12-26(24-18)11-4-10-25-8-1-2-9-25/h3,5-7,12,14,22H,1-2,4,8-11H2,(H,23,24,27). The molecule has 0 bridgehead atoms. The van der Waals surface area contributed by atoms with Crippen molar-refractivity contribution in [3.63, 3.8) is 0 Å². The van der Waals surface area contributed by atoms with E-state index in [0.717, 1.165) is 25.0 Å². The van der Waals surface area contributed by atoms with E-state index in [9.17, 15) is 10.1 Å². The van der Waals surface area contributed by atoms with Gasteiger partial charge in [0.2, 0.25) is 0 Å². The molecule has 1 aliphatic heterocycles. The second kappa shape index (κ2) is 7.64. The minimum atomic E-state index is -0.272. The molecule has 1 amide bonds. The number of fused-ring (bicyclic) bond motifs is 1. The molecule has 3 heterocycles. The molecule has 0 saturated carbocycles. The van der Waals surface area contributed by atoms with Crippen LogP contribution >= 0.6 is 0 Å². The van der Waals surface area contributed by atoms with Gasteiger partial charge in [-0.05, 0) is 51.0 Å². The van der Waals surface area contributed by atoms with Crippen LogP contribution in [0.25, 0.3) is 10.9 Å². The molecule has 0 atom stereocenters. The number of nitrogens with zero attached hydrogens (tertiary/aromatic N) is 4. The lowest BCUT2D eigenvalue weighted by Gasteiger charge is -2.13. The van der Waals surface area contributed by atoms with Crippen LogP contribution in [-0.4, -0.2) is 45.2 Å². The Labute approximate surface area is 157 Å². The molecule has 1 aromatic carbocycles. The number of nitriles is 1. The average molecular weight is 362 g/mol. The summed E-state index contributed by atoms with van der Waals surface area (Å²) in [7, 11) is 0. The fraction of sp³-hybridized carbons (Fsp3) is 0.350. The molecule has 2 N–H and O–H groups in total. The zero-order valence-corrected chi connectivity index (χ0v) is 15.1. The van der Waals surface area contributed by atoms with Gasteiger partial charge in [-0.15, -0.1) is 0 Å². The van der Waals surface area contributed by atoms with Gasteiger partial charge in [0.15, 0.2) is 5.82 Å². The molecule has 1 fully saturated rings. The molecule has 0 unspecified atom stereocenters. The molecule has 27 heavy (non-hydrogen) atoms.